The average Bonchev–Trinajstić information content (AvgIpc) is 3.47. The van der Waals surface area contributed by atoms with E-state index in [1.54, 1.807) is 49.6 Å². The molecule has 12 heteroatoms. The van der Waals surface area contributed by atoms with Crippen molar-refractivity contribution in [3.63, 3.8) is 0 Å². The van der Waals surface area contributed by atoms with E-state index in [9.17, 15) is 14.4 Å². The Labute approximate surface area is 203 Å². The third-order valence-corrected chi connectivity index (χ3v) is 6.59. The molecule has 2 amide bonds. The van der Waals surface area contributed by atoms with Gasteiger partial charge in [-0.2, -0.15) is 0 Å². The van der Waals surface area contributed by atoms with Crippen molar-refractivity contribution in [2.24, 2.45) is 7.05 Å². The highest BCUT2D eigenvalue weighted by molar-refractivity contribution is 7.99. The van der Waals surface area contributed by atoms with Gasteiger partial charge in [0.25, 0.3) is 5.56 Å². The van der Waals surface area contributed by atoms with E-state index in [4.69, 9.17) is 9.15 Å². The van der Waals surface area contributed by atoms with Gasteiger partial charge in [0.1, 0.15) is 17.6 Å². The Balaban J connectivity index is 1.58. The molecule has 0 radical (unpaired) electrons. The average molecular weight is 495 g/mol. The van der Waals surface area contributed by atoms with E-state index in [-0.39, 0.29) is 23.5 Å². The SMILES string of the molecule is CCOC(=O)C1=C(CSc2nnc3n(C)c(=O)c4ccccc4n23)NC(=O)NC1c1ccc(C)o1. The number of hydrogen-bond donors (Lipinski definition) is 2. The number of aryl methyl sites for hydroxylation is 2. The van der Waals surface area contributed by atoms with E-state index in [2.05, 4.69) is 20.8 Å². The van der Waals surface area contributed by atoms with Crippen LogP contribution in [0.1, 0.15) is 24.5 Å². The quantitative estimate of drug-likeness (QED) is 0.309. The van der Waals surface area contributed by atoms with Crippen LogP contribution in [0, 0.1) is 6.92 Å². The number of hydrogen-bond acceptors (Lipinski definition) is 8. The van der Waals surface area contributed by atoms with Crippen molar-refractivity contribution in [2.45, 2.75) is 25.0 Å². The molecule has 1 aliphatic rings. The van der Waals surface area contributed by atoms with Crippen molar-refractivity contribution in [3.8, 4) is 0 Å². The molecule has 0 saturated heterocycles. The fourth-order valence-corrected chi connectivity index (χ4v) is 4.95. The van der Waals surface area contributed by atoms with Gasteiger partial charge in [0, 0.05) is 18.5 Å². The molecule has 11 nitrogen and oxygen atoms in total. The Morgan fingerprint density at radius 2 is 2.00 bits per heavy atom. The number of urea groups is 1. The minimum Gasteiger partial charge on any atom is -0.464 e. The van der Waals surface area contributed by atoms with Crippen molar-refractivity contribution < 1.29 is 18.7 Å². The number of nitrogens with zero attached hydrogens (tertiary/aromatic N) is 4. The topological polar surface area (TPSA) is 133 Å². The first-order chi connectivity index (χ1) is 16.9. The molecule has 0 spiro atoms. The van der Waals surface area contributed by atoms with E-state index in [1.165, 1.54) is 16.3 Å². The zero-order chi connectivity index (χ0) is 24.7. The summed E-state index contributed by atoms with van der Waals surface area (Å²) in [5.74, 6) is 1.09. The van der Waals surface area contributed by atoms with E-state index >= 15 is 0 Å². The zero-order valence-corrected chi connectivity index (χ0v) is 20.0. The maximum Gasteiger partial charge on any atom is 0.338 e. The molecule has 2 N–H and O–H groups in total. The van der Waals surface area contributed by atoms with Gasteiger partial charge in [0.05, 0.1) is 23.1 Å². The first-order valence-corrected chi connectivity index (χ1v) is 11.9. The smallest absolute Gasteiger partial charge is 0.338 e. The minimum atomic E-state index is -0.802. The lowest BCUT2D eigenvalue weighted by Crippen LogP contribution is -2.46. The van der Waals surface area contributed by atoms with Gasteiger partial charge in [0.15, 0.2) is 5.16 Å². The molecule has 0 saturated carbocycles. The summed E-state index contributed by atoms with van der Waals surface area (Å²) in [6.07, 6.45) is 0. The predicted octanol–water partition coefficient (Wildman–Crippen LogP) is 2.45. The number of rotatable bonds is 6. The monoisotopic (exact) mass is 494 g/mol. The van der Waals surface area contributed by atoms with Crippen LogP contribution >= 0.6 is 11.8 Å². The second kappa shape index (κ2) is 8.95. The van der Waals surface area contributed by atoms with Gasteiger partial charge < -0.3 is 19.8 Å². The second-order valence-electron chi connectivity index (χ2n) is 7.88. The third kappa shape index (κ3) is 3.95. The molecule has 0 bridgehead atoms. The molecule has 1 unspecified atom stereocenters. The number of nitrogens with one attached hydrogen (secondary N) is 2. The van der Waals surface area contributed by atoms with Crippen molar-refractivity contribution in [2.75, 3.05) is 12.4 Å². The number of furan rings is 1. The van der Waals surface area contributed by atoms with Gasteiger partial charge in [-0.25, -0.2) is 9.59 Å². The third-order valence-electron chi connectivity index (χ3n) is 5.64. The Morgan fingerprint density at radius 1 is 1.20 bits per heavy atom. The Hall–Kier alpha value is -4.06. The van der Waals surface area contributed by atoms with Crippen LogP contribution in [0.3, 0.4) is 0 Å². The molecule has 1 aliphatic heterocycles. The van der Waals surface area contributed by atoms with Gasteiger partial charge in [-0.05, 0) is 38.1 Å². The lowest BCUT2D eigenvalue weighted by Gasteiger charge is -2.27. The number of esters is 1. The maximum absolute atomic E-state index is 12.9. The number of thioether (sulfide) groups is 1. The number of carbonyl (C=O) groups is 2. The molecular weight excluding hydrogens is 472 g/mol. The van der Waals surface area contributed by atoms with Crippen molar-refractivity contribution in [3.05, 3.63) is 69.5 Å². The lowest BCUT2D eigenvalue weighted by atomic mass is 10.0. The number of aromatic nitrogens is 4. The Kier molecular flexibility index (Phi) is 5.81. The molecule has 1 aromatic carbocycles. The normalized spacial score (nSPS) is 16.0. The summed E-state index contributed by atoms with van der Waals surface area (Å²) in [7, 11) is 1.64. The fourth-order valence-electron chi connectivity index (χ4n) is 4.05. The van der Waals surface area contributed by atoms with Crippen LogP contribution in [0.4, 0.5) is 4.79 Å². The summed E-state index contributed by atoms with van der Waals surface area (Å²) < 4.78 is 14.2. The number of fused-ring (bicyclic) bond motifs is 3. The maximum atomic E-state index is 12.9. The zero-order valence-electron chi connectivity index (χ0n) is 19.2. The molecule has 0 fully saturated rings. The van der Waals surface area contributed by atoms with Crippen LogP contribution in [0.25, 0.3) is 16.7 Å². The van der Waals surface area contributed by atoms with Crippen LogP contribution in [0.2, 0.25) is 0 Å². The van der Waals surface area contributed by atoms with E-state index in [1.807, 2.05) is 12.1 Å². The summed E-state index contributed by atoms with van der Waals surface area (Å²) in [6, 6.07) is 9.41. The molecular formula is C23H22N6O5S. The molecule has 35 heavy (non-hydrogen) atoms. The summed E-state index contributed by atoms with van der Waals surface area (Å²) in [5.41, 5.74) is 1.11. The van der Waals surface area contributed by atoms with Crippen LogP contribution in [-0.2, 0) is 16.6 Å². The van der Waals surface area contributed by atoms with E-state index in [0.717, 1.165) is 0 Å². The van der Waals surface area contributed by atoms with Crippen LogP contribution in [-0.4, -0.2) is 43.5 Å². The molecule has 4 aromatic rings. The highest BCUT2D eigenvalue weighted by Gasteiger charge is 2.35. The number of amides is 2. The van der Waals surface area contributed by atoms with E-state index < -0.39 is 18.0 Å². The fraction of sp³-hybridized carbons (Fsp3) is 0.261. The van der Waals surface area contributed by atoms with Crippen molar-refractivity contribution in [1.82, 2.24) is 29.8 Å². The van der Waals surface area contributed by atoms with Gasteiger partial charge in [-0.1, -0.05) is 23.9 Å². The largest absolute Gasteiger partial charge is 0.464 e. The van der Waals surface area contributed by atoms with Gasteiger partial charge >= 0.3 is 12.0 Å². The predicted molar refractivity (Wildman–Crippen MR) is 128 cm³/mol. The van der Waals surface area contributed by atoms with Crippen LogP contribution < -0.4 is 16.2 Å². The number of para-hydroxylation sites is 1. The molecule has 5 rings (SSSR count). The Bertz CT molecular complexity index is 1570. The van der Waals surface area contributed by atoms with Gasteiger partial charge in [0.2, 0.25) is 5.78 Å². The number of carbonyl (C=O) groups excluding carboxylic acids is 2. The second-order valence-corrected chi connectivity index (χ2v) is 8.82. The summed E-state index contributed by atoms with van der Waals surface area (Å²) in [6.45, 7) is 3.67. The Morgan fingerprint density at radius 3 is 2.74 bits per heavy atom. The summed E-state index contributed by atoms with van der Waals surface area (Å²) in [5, 5.41) is 15.0. The number of ether oxygens (including phenoxy) is 1. The molecule has 0 aliphatic carbocycles. The highest BCUT2D eigenvalue weighted by Crippen LogP contribution is 2.31. The summed E-state index contributed by atoms with van der Waals surface area (Å²) in [4.78, 5) is 38.1. The highest BCUT2D eigenvalue weighted by atomic mass is 32.2. The van der Waals surface area contributed by atoms with Crippen molar-refractivity contribution in [1.29, 1.82) is 0 Å². The van der Waals surface area contributed by atoms with E-state index in [0.29, 0.717) is 39.1 Å². The minimum absolute atomic E-state index is 0.174. The lowest BCUT2D eigenvalue weighted by molar-refractivity contribution is -0.139. The first kappa shape index (κ1) is 22.7. The molecule has 4 heterocycles. The number of benzene rings is 1. The molecule has 180 valence electrons. The van der Waals surface area contributed by atoms with Crippen LogP contribution in [0.15, 0.2) is 62.0 Å². The first-order valence-electron chi connectivity index (χ1n) is 10.9. The standard InChI is InChI=1S/C23H22N6O5S/c1-4-33-20(31)17-14(24-21(32)25-18(17)16-10-9-12(2)34-16)11-35-23-27-26-22-28(3)19(30)13-7-5-6-8-15(13)29(22)23/h5-10,18H,4,11H2,1-3H3,(H2,24,25,32). The molecule has 3 aromatic heterocycles. The molecule has 1 atom stereocenters. The van der Waals surface area contributed by atoms with Gasteiger partial charge in [-0.3, -0.25) is 13.8 Å². The summed E-state index contributed by atoms with van der Waals surface area (Å²) >= 11 is 1.27. The van der Waals surface area contributed by atoms with Crippen molar-refractivity contribution >= 4 is 40.4 Å². The van der Waals surface area contributed by atoms with Crippen LogP contribution in [0.5, 0.6) is 0 Å². The van der Waals surface area contributed by atoms with Gasteiger partial charge in [-0.15, -0.1) is 10.2 Å².